The molecule has 0 unspecified atom stereocenters. The predicted octanol–water partition coefficient (Wildman–Crippen LogP) is 3.05. The summed E-state index contributed by atoms with van der Waals surface area (Å²) >= 11 is 0. The Morgan fingerprint density at radius 1 is 1.14 bits per heavy atom. The average Bonchev–Trinajstić information content (AvgIpc) is 2.53. The van der Waals surface area contributed by atoms with Gasteiger partial charge in [0.25, 0.3) is 5.91 Å². The minimum atomic E-state index is -0.614. The third kappa shape index (κ3) is 2.88. The van der Waals surface area contributed by atoms with E-state index in [4.69, 9.17) is 10.5 Å². The Bertz CT molecular complexity index is 832. The van der Waals surface area contributed by atoms with Gasteiger partial charge in [0, 0.05) is 11.5 Å². The van der Waals surface area contributed by atoms with Crippen molar-refractivity contribution in [1.29, 1.82) is 0 Å². The number of ether oxygens (including phenoxy) is 1. The van der Waals surface area contributed by atoms with Gasteiger partial charge in [-0.2, -0.15) is 0 Å². The van der Waals surface area contributed by atoms with Crippen LogP contribution in [0, 0.1) is 5.82 Å². The lowest BCUT2D eigenvalue weighted by Crippen LogP contribution is -2.13. The van der Waals surface area contributed by atoms with Crippen molar-refractivity contribution >= 4 is 16.8 Å². The summed E-state index contributed by atoms with van der Waals surface area (Å²) in [5, 5.41) is 0.787. The van der Waals surface area contributed by atoms with Gasteiger partial charge >= 0.3 is 0 Å². The number of amides is 1. The van der Waals surface area contributed by atoms with Crippen molar-refractivity contribution in [2.45, 2.75) is 6.61 Å². The van der Waals surface area contributed by atoms with E-state index in [9.17, 15) is 9.18 Å². The molecule has 0 saturated carbocycles. The predicted molar refractivity (Wildman–Crippen MR) is 81.0 cm³/mol. The molecule has 0 fully saturated rings. The summed E-state index contributed by atoms with van der Waals surface area (Å²) in [5.74, 6) is -0.393. The number of carbonyl (C=O) groups is 1. The molecule has 0 aliphatic carbocycles. The van der Waals surface area contributed by atoms with Crippen molar-refractivity contribution in [3.63, 3.8) is 0 Å². The number of primary amides is 1. The van der Waals surface area contributed by atoms with E-state index in [2.05, 4.69) is 4.98 Å². The number of hydrogen-bond donors (Lipinski definition) is 1. The first-order chi connectivity index (χ1) is 10.6. The number of benzene rings is 2. The number of nitrogens with two attached hydrogens (primary N) is 1. The van der Waals surface area contributed by atoms with E-state index in [0.717, 1.165) is 10.9 Å². The molecule has 22 heavy (non-hydrogen) atoms. The molecule has 1 heterocycles. The highest BCUT2D eigenvalue weighted by Crippen LogP contribution is 2.26. The number of carbonyl (C=O) groups excluding carboxylic acids is 1. The van der Waals surface area contributed by atoms with Crippen LogP contribution in [0.5, 0.6) is 5.75 Å². The van der Waals surface area contributed by atoms with Gasteiger partial charge in [0.15, 0.2) is 0 Å². The van der Waals surface area contributed by atoms with Crippen molar-refractivity contribution < 1.29 is 13.9 Å². The Labute approximate surface area is 126 Å². The third-order valence-corrected chi connectivity index (χ3v) is 3.24. The Hall–Kier alpha value is -2.95. The Morgan fingerprint density at radius 2 is 1.86 bits per heavy atom. The van der Waals surface area contributed by atoms with Gasteiger partial charge in [0.05, 0.1) is 5.52 Å². The maximum Gasteiger partial charge on any atom is 0.267 e. The molecule has 2 N–H and O–H groups in total. The average molecular weight is 296 g/mol. The van der Waals surface area contributed by atoms with Crippen molar-refractivity contribution in [2.75, 3.05) is 0 Å². The molecule has 0 aliphatic heterocycles. The zero-order valence-corrected chi connectivity index (χ0v) is 11.6. The van der Waals surface area contributed by atoms with Crippen LogP contribution in [0.4, 0.5) is 4.39 Å². The van der Waals surface area contributed by atoms with Crippen LogP contribution in [0.1, 0.15) is 16.1 Å². The highest BCUT2D eigenvalue weighted by atomic mass is 19.1. The molecule has 110 valence electrons. The van der Waals surface area contributed by atoms with Crippen LogP contribution in [0.3, 0.4) is 0 Å². The Balaban J connectivity index is 1.94. The van der Waals surface area contributed by atoms with Gasteiger partial charge in [0.2, 0.25) is 0 Å². The minimum absolute atomic E-state index is 0.146. The molecule has 3 rings (SSSR count). The zero-order valence-electron chi connectivity index (χ0n) is 11.6. The summed E-state index contributed by atoms with van der Waals surface area (Å²) in [7, 11) is 0. The summed E-state index contributed by atoms with van der Waals surface area (Å²) in [6.45, 7) is 0.256. The SMILES string of the molecule is NC(=O)c1cc(OCc2ccc(F)cc2)c2ccccc2n1. The van der Waals surface area contributed by atoms with Gasteiger partial charge in [-0.3, -0.25) is 4.79 Å². The maximum absolute atomic E-state index is 12.9. The van der Waals surface area contributed by atoms with Crippen molar-refractivity contribution in [1.82, 2.24) is 4.98 Å². The topological polar surface area (TPSA) is 65.2 Å². The summed E-state index contributed by atoms with van der Waals surface area (Å²) < 4.78 is 18.7. The summed E-state index contributed by atoms with van der Waals surface area (Å²) in [6.07, 6.45) is 0. The number of halogens is 1. The highest BCUT2D eigenvalue weighted by Gasteiger charge is 2.10. The fraction of sp³-hybridized carbons (Fsp3) is 0.0588. The molecule has 0 atom stereocenters. The van der Waals surface area contributed by atoms with Crippen molar-refractivity contribution in [3.8, 4) is 5.75 Å². The fourth-order valence-electron chi connectivity index (χ4n) is 2.13. The lowest BCUT2D eigenvalue weighted by molar-refractivity contribution is 0.0995. The second-order valence-corrected chi connectivity index (χ2v) is 4.80. The Kier molecular flexibility index (Phi) is 3.70. The number of pyridine rings is 1. The first-order valence-electron chi connectivity index (χ1n) is 6.70. The van der Waals surface area contributed by atoms with E-state index < -0.39 is 5.91 Å². The quantitative estimate of drug-likeness (QED) is 0.804. The van der Waals surface area contributed by atoms with Crippen LogP contribution in [0.15, 0.2) is 54.6 Å². The van der Waals surface area contributed by atoms with Gasteiger partial charge in [-0.05, 0) is 29.8 Å². The number of fused-ring (bicyclic) bond motifs is 1. The summed E-state index contributed by atoms with van der Waals surface area (Å²) in [5.41, 5.74) is 6.90. The molecule has 5 heteroatoms. The molecule has 0 aliphatic rings. The minimum Gasteiger partial charge on any atom is -0.488 e. The summed E-state index contributed by atoms with van der Waals surface area (Å²) in [6, 6.07) is 14.9. The standard InChI is InChI=1S/C17H13FN2O2/c18-12-7-5-11(6-8-12)10-22-16-9-15(17(19)21)20-14-4-2-1-3-13(14)16/h1-9H,10H2,(H2,19,21). The molecule has 2 aromatic carbocycles. The monoisotopic (exact) mass is 296 g/mol. The lowest BCUT2D eigenvalue weighted by atomic mass is 10.1. The van der Waals surface area contributed by atoms with Gasteiger partial charge in [-0.15, -0.1) is 0 Å². The molecule has 3 aromatic rings. The molecule has 0 spiro atoms. The molecule has 4 nitrogen and oxygen atoms in total. The van der Waals surface area contributed by atoms with Crippen LogP contribution in [0.25, 0.3) is 10.9 Å². The second-order valence-electron chi connectivity index (χ2n) is 4.80. The van der Waals surface area contributed by atoms with Gasteiger partial charge in [-0.1, -0.05) is 24.3 Å². The smallest absolute Gasteiger partial charge is 0.267 e. The highest BCUT2D eigenvalue weighted by molar-refractivity contribution is 5.96. The van der Waals surface area contributed by atoms with Crippen molar-refractivity contribution in [3.05, 3.63) is 71.7 Å². The zero-order chi connectivity index (χ0) is 15.5. The van der Waals surface area contributed by atoms with E-state index in [1.54, 1.807) is 18.2 Å². The summed E-state index contributed by atoms with van der Waals surface area (Å²) in [4.78, 5) is 15.6. The van der Waals surface area contributed by atoms with Crippen LogP contribution in [-0.4, -0.2) is 10.9 Å². The van der Waals surface area contributed by atoms with Crippen molar-refractivity contribution in [2.24, 2.45) is 5.73 Å². The number of hydrogen-bond acceptors (Lipinski definition) is 3. The van der Waals surface area contributed by atoms with Crippen LogP contribution < -0.4 is 10.5 Å². The van der Waals surface area contributed by atoms with E-state index in [-0.39, 0.29) is 18.1 Å². The molecule has 0 saturated heterocycles. The van der Waals surface area contributed by atoms with Crippen LogP contribution >= 0.6 is 0 Å². The second kappa shape index (κ2) is 5.81. The van der Waals surface area contributed by atoms with E-state index in [1.165, 1.54) is 18.2 Å². The van der Waals surface area contributed by atoms with Gasteiger partial charge in [0.1, 0.15) is 23.9 Å². The Morgan fingerprint density at radius 3 is 2.59 bits per heavy atom. The molecular weight excluding hydrogens is 283 g/mol. The number of aromatic nitrogens is 1. The maximum atomic E-state index is 12.9. The number of nitrogens with zero attached hydrogens (tertiary/aromatic N) is 1. The number of para-hydroxylation sites is 1. The molecule has 1 aromatic heterocycles. The normalized spacial score (nSPS) is 10.6. The van der Waals surface area contributed by atoms with Gasteiger partial charge in [-0.25, -0.2) is 9.37 Å². The van der Waals surface area contributed by atoms with Gasteiger partial charge < -0.3 is 10.5 Å². The largest absolute Gasteiger partial charge is 0.488 e. The molecule has 1 amide bonds. The number of rotatable bonds is 4. The van der Waals surface area contributed by atoms with Crippen LogP contribution in [-0.2, 0) is 6.61 Å². The third-order valence-electron chi connectivity index (χ3n) is 3.24. The molecule has 0 radical (unpaired) electrons. The molecule has 0 bridgehead atoms. The lowest BCUT2D eigenvalue weighted by Gasteiger charge is -2.10. The first-order valence-corrected chi connectivity index (χ1v) is 6.70. The van der Waals surface area contributed by atoms with Crippen LogP contribution in [0.2, 0.25) is 0 Å². The molecular formula is C17H13FN2O2. The van der Waals surface area contributed by atoms with E-state index >= 15 is 0 Å². The fourth-order valence-corrected chi connectivity index (χ4v) is 2.13. The first kappa shape index (κ1) is 14.0. The van der Waals surface area contributed by atoms with E-state index in [0.29, 0.717) is 11.3 Å². The van der Waals surface area contributed by atoms with E-state index in [1.807, 2.05) is 18.2 Å².